The van der Waals surface area contributed by atoms with E-state index in [9.17, 15) is 14.4 Å². The third kappa shape index (κ3) is 3.69. The summed E-state index contributed by atoms with van der Waals surface area (Å²) in [6.45, 7) is 4.40. The number of amides is 3. The van der Waals surface area contributed by atoms with Crippen LogP contribution in [-0.4, -0.2) is 37.9 Å². The normalized spacial score (nSPS) is 16.5. The van der Waals surface area contributed by atoms with Gasteiger partial charge in [-0.3, -0.25) is 14.4 Å². The minimum atomic E-state index is -0.401. The number of nitrogens with zero attached hydrogens (tertiary/aromatic N) is 3. The third-order valence-electron chi connectivity index (χ3n) is 4.75. The zero-order valence-electron chi connectivity index (χ0n) is 15.5. The number of rotatable bonds is 5. The first-order valence-electron chi connectivity index (χ1n) is 9.04. The molecule has 0 fully saturated rings. The average Bonchev–Trinajstić information content (AvgIpc) is 2.80. The van der Waals surface area contributed by atoms with Crippen LogP contribution in [0.25, 0.3) is 0 Å². The topological polar surface area (TPSA) is 60.9 Å². The molecule has 1 atom stereocenters. The van der Waals surface area contributed by atoms with Gasteiger partial charge in [0.15, 0.2) is 0 Å². The lowest BCUT2D eigenvalue weighted by Crippen LogP contribution is -2.45. The van der Waals surface area contributed by atoms with Gasteiger partial charge in [0, 0.05) is 18.8 Å². The van der Waals surface area contributed by atoms with Crippen molar-refractivity contribution >= 4 is 35.3 Å². The Kier molecular flexibility index (Phi) is 5.54. The number of anilines is 3. The Morgan fingerprint density at radius 3 is 2.37 bits per heavy atom. The van der Waals surface area contributed by atoms with Crippen molar-refractivity contribution in [3.63, 3.8) is 0 Å². The molecule has 2 aromatic rings. The van der Waals surface area contributed by atoms with Crippen molar-refractivity contribution in [3.8, 4) is 0 Å². The highest BCUT2D eigenvalue weighted by molar-refractivity contribution is 6.08. The minimum Gasteiger partial charge on any atom is -0.312 e. The Balaban J connectivity index is 1.95. The number of carbonyl (C=O) groups excluding carboxylic acids is 3. The van der Waals surface area contributed by atoms with Crippen LogP contribution in [0.4, 0.5) is 17.1 Å². The Morgan fingerprint density at radius 2 is 1.74 bits per heavy atom. The number of benzene rings is 2. The first-order valence-corrected chi connectivity index (χ1v) is 9.04. The molecule has 0 bridgehead atoms. The summed E-state index contributed by atoms with van der Waals surface area (Å²) in [5.74, 6) is -0.731. The number of para-hydroxylation sites is 3. The molecule has 0 aromatic heterocycles. The molecule has 2 aromatic carbocycles. The number of carbonyl (C=O) groups is 3. The Morgan fingerprint density at radius 1 is 1.11 bits per heavy atom. The first kappa shape index (κ1) is 18.6. The molecular formula is C21H23N3O3. The summed E-state index contributed by atoms with van der Waals surface area (Å²) in [6, 6.07) is 16.6. The lowest BCUT2D eigenvalue weighted by molar-refractivity contribution is -0.124. The zero-order chi connectivity index (χ0) is 19.4. The van der Waals surface area contributed by atoms with E-state index in [1.807, 2.05) is 43.3 Å². The van der Waals surface area contributed by atoms with Gasteiger partial charge in [0.05, 0.1) is 17.3 Å². The Hall–Kier alpha value is -3.15. The average molecular weight is 365 g/mol. The molecule has 0 radical (unpaired) electrons. The van der Waals surface area contributed by atoms with Crippen LogP contribution in [0.3, 0.4) is 0 Å². The predicted molar refractivity (Wildman–Crippen MR) is 106 cm³/mol. The van der Waals surface area contributed by atoms with Gasteiger partial charge < -0.3 is 14.7 Å². The fraction of sp³-hybridized carbons (Fsp3) is 0.286. The summed E-state index contributed by atoms with van der Waals surface area (Å²) < 4.78 is 0. The van der Waals surface area contributed by atoms with E-state index in [1.54, 1.807) is 30.0 Å². The Labute approximate surface area is 159 Å². The molecule has 1 heterocycles. The quantitative estimate of drug-likeness (QED) is 0.766. The van der Waals surface area contributed by atoms with Crippen molar-refractivity contribution in [2.75, 3.05) is 34.3 Å². The second-order valence-corrected chi connectivity index (χ2v) is 6.55. The molecular weight excluding hydrogens is 342 g/mol. The molecule has 0 aliphatic carbocycles. The van der Waals surface area contributed by atoms with E-state index in [-0.39, 0.29) is 18.4 Å². The van der Waals surface area contributed by atoms with E-state index in [0.29, 0.717) is 24.5 Å². The van der Waals surface area contributed by atoms with Crippen LogP contribution in [0.5, 0.6) is 0 Å². The first-order chi connectivity index (χ1) is 13.1. The van der Waals surface area contributed by atoms with E-state index in [0.717, 1.165) is 12.1 Å². The van der Waals surface area contributed by atoms with Crippen molar-refractivity contribution < 1.29 is 14.4 Å². The Bertz CT molecular complexity index is 838. The van der Waals surface area contributed by atoms with Gasteiger partial charge in [0.25, 0.3) is 0 Å². The molecule has 0 N–H and O–H groups in total. The smallest absolute Gasteiger partial charge is 0.247 e. The largest absolute Gasteiger partial charge is 0.312 e. The number of likely N-dealkylation sites (N-methyl/N-ethyl adjacent to an activating group) is 1. The molecule has 6 heteroatoms. The lowest BCUT2D eigenvalue weighted by Gasteiger charge is -2.28. The van der Waals surface area contributed by atoms with Crippen LogP contribution in [0.1, 0.15) is 13.8 Å². The van der Waals surface area contributed by atoms with Crippen LogP contribution in [0.2, 0.25) is 0 Å². The molecule has 3 rings (SSSR count). The molecule has 0 spiro atoms. The van der Waals surface area contributed by atoms with Crippen molar-refractivity contribution in [1.82, 2.24) is 0 Å². The van der Waals surface area contributed by atoms with E-state index < -0.39 is 5.92 Å². The summed E-state index contributed by atoms with van der Waals surface area (Å²) in [7, 11) is 0. The van der Waals surface area contributed by atoms with Gasteiger partial charge in [0.1, 0.15) is 6.54 Å². The SMILES string of the molecule is CCN(C(=O)CN1C(=O)C(C)CN(C=O)c2ccccc21)c1ccccc1. The van der Waals surface area contributed by atoms with Crippen molar-refractivity contribution in [2.45, 2.75) is 13.8 Å². The van der Waals surface area contributed by atoms with E-state index in [2.05, 4.69) is 0 Å². The highest BCUT2D eigenvalue weighted by Crippen LogP contribution is 2.33. The molecule has 0 saturated heterocycles. The van der Waals surface area contributed by atoms with Crippen molar-refractivity contribution in [2.24, 2.45) is 5.92 Å². The highest BCUT2D eigenvalue weighted by atomic mass is 16.2. The molecule has 1 aliphatic rings. The van der Waals surface area contributed by atoms with Crippen LogP contribution >= 0.6 is 0 Å². The third-order valence-corrected chi connectivity index (χ3v) is 4.75. The lowest BCUT2D eigenvalue weighted by atomic mass is 10.1. The molecule has 3 amide bonds. The number of hydrogen-bond donors (Lipinski definition) is 0. The van der Waals surface area contributed by atoms with Crippen LogP contribution in [-0.2, 0) is 14.4 Å². The van der Waals surface area contributed by atoms with Gasteiger partial charge in [0.2, 0.25) is 18.2 Å². The summed E-state index contributed by atoms with van der Waals surface area (Å²) in [5.41, 5.74) is 2.01. The second kappa shape index (κ2) is 8.03. The number of fused-ring (bicyclic) bond motifs is 1. The molecule has 0 saturated carbocycles. The van der Waals surface area contributed by atoms with E-state index in [1.165, 1.54) is 9.80 Å². The predicted octanol–water partition coefficient (Wildman–Crippen LogP) is 2.69. The number of hydrogen-bond acceptors (Lipinski definition) is 3. The van der Waals surface area contributed by atoms with Crippen LogP contribution in [0, 0.1) is 5.92 Å². The van der Waals surface area contributed by atoms with Gasteiger partial charge in [-0.05, 0) is 31.2 Å². The summed E-state index contributed by atoms with van der Waals surface area (Å²) in [4.78, 5) is 42.2. The van der Waals surface area contributed by atoms with Crippen molar-refractivity contribution in [3.05, 3.63) is 54.6 Å². The standard InChI is InChI=1S/C21H23N3O3/c1-3-23(17-9-5-4-6-10-17)20(26)14-24-19-12-8-7-11-18(19)22(15-25)13-16(2)21(24)27/h4-12,15-16H,3,13-14H2,1-2H3. The monoisotopic (exact) mass is 365 g/mol. The molecule has 1 unspecified atom stereocenters. The van der Waals surface area contributed by atoms with Gasteiger partial charge in [-0.15, -0.1) is 0 Å². The molecule has 6 nitrogen and oxygen atoms in total. The van der Waals surface area contributed by atoms with E-state index >= 15 is 0 Å². The van der Waals surface area contributed by atoms with Crippen LogP contribution < -0.4 is 14.7 Å². The van der Waals surface area contributed by atoms with Gasteiger partial charge in [-0.2, -0.15) is 0 Å². The fourth-order valence-electron chi connectivity index (χ4n) is 3.39. The van der Waals surface area contributed by atoms with E-state index in [4.69, 9.17) is 0 Å². The summed E-state index contributed by atoms with van der Waals surface area (Å²) in [5, 5.41) is 0. The zero-order valence-corrected chi connectivity index (χ0v) is 15.5. The minimum absolute atomic E-state index is 0.0738. The summed E-state index contributed by atoms with van der Waals surface area (Å²) in [6.07, 6.45) is 0.732. The highest BCUT2D eigenvalue weighted by Gasteiger charge is 2.33. The van der Waals surface area contributed by atoms with Gasteiger partial charge in [-0.1, -0.05) is 37.3 Å². The maximum absolute atomic E-state index is 13.0. The molecule has 27 heavy (non-hydrogen) atoms. The summed E-state index contributed by atoms with van der Waals surface area (Å²) >= 11 is 0. The second-order valence-electron chi connectivity index (χ2n) is 6.55. The maximum atomic E-state index is 13.0. The van der Waals surface area contributed by atoms with Gasteiger partial charge in [-0.25, -0.2) is 0 Å². The molecule has 1 aliphatic heterocycles. The van der Waals surface area contributed by atoms with Crippen LogP contribution in [0.15, 0.2) is 54.6 Å². The van der Waals surface area contributed by atoms with Gasteiger partial charge >= 0.3 is 0 Å². The fourth-order valence-corrected chi connectivity index (χ4v) is 3.39. The molecule has 140 valence electrons. The van der Waals surface area contributed by atoms with Crippen molar-refractivity contribution in [1.29, 1.82) is 0 Å². The maximum Gasteiger partial charge on any atom is 0.247 e.